The number of ether oxygens (including phenoxy) is 5. The van der Waals surface area contributed by atoms with E-state index in [0.29, 0.717) is 28.2 Å². The lowest BCUT2D eigenvalue weighted by Gasteiger charge is -2.19. The maximum atomic E-state index is 12.4. The number of hydrogen-bond donors (Lipinski definition) is 2. The first-order valence-electron chi connectivity index (χ1n) is 8.34. The summed E-state index contributed by atoms with van der Waals surface area (Å²) in [5, 5.41) is 10.2. The van der Waals surface area contributed by atoms with Crippen LogP contribution in [0.2, 0.25) is 0 Å². The van der Waals surface area contributed by atoms with Gasteiger partial charge >= 0.3 is 5.97 Å². The highest BCUT2D eigenvalue weighted by Crippen LogP contribution is 2.50. The van der Waals surface area contributed by atoms with Crippen LogP contribution < -0.4 is 29.4 Å². The Bertz CT molecular complexity index is 952. The lowest BCUT2D eigenvalue weighted by molar-refractivity contribution is -0.134. The third-order valence-corrected chi connectivity index (χ3v) is 4.39. The number of fused-ring (bicyclic) bond motifs is 1. The molecule has 0 bridgehead atoms. The van der Waals surface area contributed by atoms with E-state index >= 15 is 0 Å². The van der Waals surface area contributed by atoms with Crippen molar-refractivity contribution in [3.8, 4) is 34.5 Å². The second-order valence-corrected chi connectivity index (χ2v) is 5.94. The Morgan fingerprint density at radius 1 is 0.964 bits per heavy atom. The molecule has 148 valence electrons. The molecule has 1 aliphatic heterocycles. The number of esters is 1. The molecule has 1 heterocycles. The second kappa shape index (κ2) is 7.69. The molecule has 1 unspecified atom stereocenters. The highest BCUT2D eigenvalue weighted by molar-refractivity contribution is 5.95. The molecule has 0 fully saturated rings. The standard InChI is InChI=1S/C20H21NO7/c1-24-15-6-5-10(7-14(15)22)11-8-13(21)20(23)28-17-12(11)9-16(25-2)18(26-3)19(17)27-4/h5-9,13,22H,21H2,1-4H3. The van der Waals surface area contributed by atoms with Crippen LogP contribution in [-0.4, -0.2) is 45.6 Å². The maximum absolute atomic E-state index is 12.4. The predicted molar refractivity (Wildman–Crippen MR) is 101 cm³/mol. The molecule has 0 amide bonds. The smallest absolute Gasteiger partial charge is 0.332 e. The van der Waals surface area contributed by atoms with Gasteiger partial charge in [-0.2, -0.15) is 0 Å². The number of carbonyl (C=O) groups excluding carboxylic acids is 1. The van der Waals surface area contributed by atoms with E-state index < -0.39 is 12.0 Å². The number of nitrogens with two attached hydrogens (primary N) is 1. The zero-order chi connectivity index (χ0) is 20.4. The van der Waals surface area contributed by atoms with Gasteiger partial charge in [-0.3, -0.25) is 0 Å². The predicted octanol–water partition coefficient (Wildman–Crippen LogP) is 2.10. The molecule has 8 nitrogen and oxygen atoms in total. The van der Waals surface area contributed by atoms with Crippen molar-refractivity contribution >= 4 is 11.5 Å². The second-order valence-electron chi connectivity index (χ2n) is 5.94. The minimum absolute atomic E-state index is 0.0556. The van der Waals surface area contributed by atoms with Crippen LogP contribution in [0, 0.1) is 0 Å². The molecule has 28 heavy (non-hydrogen) atoms. The molecular weight excluding hydrogens is 366 g/mol. The van der Waals surface area contributed by atoms with Crippen LogP contribution in [0.15, 0.2) is 30.3 Å². The van der Waals surface area contributed by atoms with E-state index in [4.69, 9.17) is 29.4 Å². The van der Waals surface area contributed by atoms with Crippen LogP contribution in [0.1, 0.15) is 11.1 Å². The summed E-state index contributed by atoms with van der Waals surface area (Å²) in [5.74, 6) is 0.624. The summed E-state index contributed by atoms with van der Waals surface area (Å²) < 4.78 is 26.8. The van der Waals surface area contributed by atoms with E-state index in [9.17, 15) is 9.90 Å². The molecule has 8 heteroatoms. The number of methoxy groups -OCH3 is 4. The molecule has 0 aliphatic carbocycles. The van der Waals surface area contributed by atoms with Crippen molar-refractivity contribution in [3.63, 3.8) is 0 Å². The number of aromatic hydroxyl groups is 1. The van der Waals surface area contributed by atoms with Gasteiger partial charge in [-0.15, -0.1) is 0 Å². The number of rotatable bonds is 5. The lowest BCUT2D eigenvalue weighted by Crippen LogP contribution is -2.31. The SMILES string of the molecule is COc1ccc(C2=CC(N)C(=O)Oc3c2cc(OC)c(OC)c3OC)cc1O. The minimum atomic E-state index is -1.02. The van der Waals surface area contributed by atoms with Crippen molar-refractivity contribution in [1.82, 2.24) is 0 Å². The fraction of sp³-hybridized carbons (Fsp3) is 0.250. The Balaban J connectivity index is 2.31. The average Bonchev–Trinajstić information content (AvgIpc) is 2.82. The van der Waals surface area contributed by atoms with Gasteiger partial charge in [-0.25, -0.2) is 4.79 Å². The molecule has 0 radical (unpaired) electrons. The largest absolute Gasteiger partial charge is 0.504 e. The fourth-order valence-electron chi connectivity index (χ4n) is 3.05. The monoisotopic (exact) mass is 387 g/mol. The summed E-state index contributed by atoms with van der Waals surface area (Å²) in [6, 6.07) is 5.51. The normalized spacial score (nSPS) is 15.7. The number of carbonyl (C=O) groups is 1. The fourth-order valence-corrected chi connectivity index (χ4v) is 3.05. The number of phenolic OH excluding ortho intramolecular Hbond substituents is 1. The van der Waals surface area contributed by atoms with Gasteiger partial charge in [0.25, 0.3) is 0 Å². The molecule has 3 rings (SSSR count). The van der Waals surface area contributed by atoms with E-state index in [2.05, 4.69) is 0 Å². The molecule has 0 aromatic heterocycles. The Kier molecular flexibility index (Phi) is 5.32. The van der Waals surface area contributed by atoms with Gasteiger partial charge in [0.15, 0.2) is 23.0 Å². The van der Waals surface area contributed by atoms with Gasteiger partial charge in [0.2, 0.25) is 11.5 Å². The quantitative estimate of drug-likeness (QED) is 0.593. The molecule has 3 N–H and O–H groups in total. The van der Waals surface area contributed by atoms with Crippen LogP contribution >= 0.6 is 0 Å². The highest BCUT2D eigenvalue weighted by Gasteiger charge is 2.31. The molecule has 0 spiro atoms. The Hall–Kier alpha value is -3.39. The first kappa shape index (κ1) is 19.4. The van der Waals surface area contributed by atoms with Crippen molar-refractivity contribution in [2.24, 2.45) is 5.73 Å². The molecule has 1 atom stereocenters. The van der Waals surface area contributed by atoms with Gasteiger partial charge in [-0.05, 0) is 35.4 Å². The van der Waals surface area contributed by atoms with Gasteiger partial charge in [0.05, 0.1) is 28.4 Å². The Morgan fingerprint density at radius 2 is 1.64 bits per heavy atom. The van der Waals surface area contributed by atoms with Gasteiger partial charge in [-0.1, -0.05) is 6.07 Å². The van der Waals surface area contributed by atoms with Gasteiger partial charge in [0.1, 0.15) is 6.04 Å². The Labute approximate surface area is 162 Å². The van der Waals surface area contributed by atoms with Gasteiger partial charge < -0.3 is 34.5 Å². The zero-order valence-corrected chi connectivity index (χ0v) is 15.9. The molecule has 1 aliphatic rings. The number of benzene rings is 2. The summed E-state index contributed by atoms with van der Waals surface area (Å²) >= 11 is 0. The minimum Gasteiger partial charge on any atom is -0.504 e. The van der Waals surface area contributed by atoms with E-state index in [-0.39, 0.29) is 23.0 Å². The number of phenols is 1. The topological polar surface area (TPSA) is 109 Å². The summed E-state index contributed by atoms with van der Waals surface area (Å²) in [4.78, 5) is 12.4. The molecule has 2 aromatic rings. The average molecular weight is 387 g/mol. The Morgan fingerprint density at radius 3 is 2.21 bits per heavy atom. The third-order valence-electron chi connectivity index (χ3n) is 4.39. The first-order valence-corrected chi connectivity index (χ1v) is 8.34. The van der Waals surface area contributed by atoms with Crippen LogP contribution in [0.4, 0.5) is 0 Å². The first-order chi connectivity index (χ1) is 13.4. The summed E-state index contributed by atoms with van der Waals surface area (Å²) in [6.07, 6.45) is 1.56. The zero-order valence-electron chi connectivity index (χ0n) is 15.9. The summed E-state index contributed by atoms with van der Waals surface area (Å²) in [7, 11) is 5.83. The third kappa shape index (κ3) is 3.18. The van der Waals surface area contributed by atoms with Gasteiger partial charge in [0, 0.05) is 5.56 Å². The van der Waals surface area contributed by atoms with E-state index in [0.717, 1.165) is 0 Å². The molecule has 0 saturated carbocycles. The number of hydrogen-bond acceptors (Lipinski definition) is 8. The van der Waals surface area contributed by atoms with Crippen molar-refractivity contribution in [2.45, 2.75) is 6.04 Å². The van der Waals surface area contributed by atoms with Crippen molar-refractivity contribution in [2.75, 3.05) is 28.4 Å². The van der Waals surface area contributed by atoms with Crippen molar-refractivity contribution in [3.05, 3.63) is 41.5 Å². The van der Waals surface area contributed by atoms with Crippen LogP contribution in [-0.2, 0) is 4.79 Å². The van der Waals surface area contributed by atoms with Crippen LogP contribution in [0.3, 0.4) is 0 Å². The lowest BCUT2D eigenvalue weighted by atomic mass is 9.94. The van der Waals surface area contributed by atoms with E-state index in [1.165, 1.54) is 34.5 Å². The molecule has 0 saturated heterocycles. The maximum Gasteiger partial charge on any atom is 0.332 e. The van der Waals surface area contributed by atoms with E-state index in [1.807, 2.05) is 0 Å². The van der Waals surface area contributed by atoms with Crippen LogP contribution in [0.5, 0.6) is 34.5 Å². The van der Waals surface area contributed by atoms with Crippen molar-refractivity contribution in [1.29, 1.82) is 0 Å². The van der Waals surface area contributed by atoms with Crippen LogP contribution in [0.25, 0.3) is 5.57 Å². The molecule has 2 aromatic carbocycles. The summed E-state index contributed by atoms with van der Waals surface area (Å²) in [6.45, 7) is 0. The van der Waals surface area contributed by atoms with E-state index in [1.54, 1.807) is 24.3 Å². The highest BCUT2D eigenvalue weighted by atomic mass is 16.6. The van der Waals surface area contributed by atoms with Crippen molar-refractivity contribution < 1.29 is 33.6 Å². The molecular formula is C20H21NO7. The summed E-state index contributed by atoms with van der Waals surface area (Å²) in [5.41, 5.74) is 7.63.